The van der Waals surface area contributed by atoms with E-state index in [0.717, 1.165) is 44.3 Å². The van der Waals surface area contributed by atoms with Crippen LogP contribution in [0.1, 0.15) is 38.7 Å². The van der Waals surface area contributed by atoms with Crippen LogP contribution in [-0.4, -0.2) is 25.8 Å². The molecule has 150 valence electrons. The minimum absolute atomic E-state index is 0.0238. The Balaban J connectivity index is 1.70. The Bertz CT molecular complexity index is 1170. The van der Waals surface area contributed by atoms with Gasteiger partial charge in [-0.05, 0) is 25.5 Å². The lowest BCUT2D eigenvalue weighted by Gasteiger charge is -2.20. The molecule has 1 aromatic carbocycles. The predicted molar refractivity (Wildman–Crippen MR) is 119 cm³/mol. The van der Waals surface area contributed by atoms with Gasteiger partial charge in [0.25, 0.3) is 0 Å². The van der Waals surface area contributed by atoms with Crippen LogP contribution in [0.3, 0.4) is 0 Å². The van der Waals surface area contributed by atoms with Gasteiger partial charge in [-0.1, -0.05) is 26.8 Å². The van der Waals surface area contributed by atoms with Crippen LogP contribution in [0.5, 0.6) is 0 Å². The Kier molecular flexibility index (Phi) is 5.23. The fraction of sp³-hybridized carbons (Fsp3) is 0.333. The molecule has 0 saturated heterocycles. The Morgan fingerprint density at radius 2 is 2.07 bits per heavy atom. The molecule has 29 heavy (non-hydrogen) atoms. The molecular weight excluding hydrogens is 402 g/mol. The fourth-order valence-corrected chi connectivity index (χ4v) is 4.41. The molecule has 0 aliphatic carbocycles. The monoisotopic (exact) mass is 425 g/mol. The highest BCUT2D eigenvalue weighted by Crippen LogP contribution is 2.34. The first kappa shape index (κ1) is 19.7. The lowest BCUT2D eigenvalue weighted by Crippen LogP contribution is -2.36. The third kappa shape index (κ3) is 3.95. The van der Waals surface area contributed by atoms with Gasteiger partial charge in [0.1, 0.15) is 16.5 Å². The van der Waals surface area contributed by atoms with Gasteiger partial charge in [-0.25, -0.2) is 15.0 Å². The van der Waals surface area contributed by atoms with E-state index in [1.807, 2.05) is 50.7 Å². The number of rotatable bonds is 6. The van der Waals surface area contributed by atoms with E-state index in [2.05, 4.69) is 26.3 Å². The number of hydrogen-bond donors (Lipinski definition) is 2. The van der Waals surface area contributed by atoms with Crippen molar-refractivity contribution in [1.82, 2.24) is 25.3 Å². The van der Waals surface area contributed by atoms with Crippen molar-refractivity contribution < 1.29 is 4.79 Å². The summed E-state index contributed by atoms with van der Waals surface area (Å²) in [6, 6.07) is 6.18. The van der Waals surface area contributed by atoms with Crippen LogP contribution >= 0.6 is 22.7 Å². The number of carbonyl (C=O) groups excluding carboxylic acids is 1. The molecule has 0 aliphatic heterocycles. The molecule has 0 aliphatic rings. The van der Waals surface area contributed by atoms with Gasteiger partial charge in [0.05, 0.1) is 28.0 Å². The molecule has 6 nitrogen and oxygen atoms in total. The summed E-state index contributed by atoms with van der Waals surface area (Å²) in [5.74, 6) is 0.739. The number of aromatic amines is 1. The van der Waals surface area contributed by atoms with Gasteiger partial charge < -0.3 is 10.3 Å². The number of amides is 1. The van der Waals surface area contributed by atoms with Gasteiger partial charge in [0.2, 0.25) is 5.91 Å². The number of hydrogen-bond acceptors (Lipinski definition) is 6. The molecule has 0 saturated carbocycles. The topological polar surface area (TPSA) is 83.6 Å². The highest BCUT2D eigenvalue weighted by molar-refractivity contribution is 7.16. The second kappa shape index (κ2) is 7.68. The molecule has 0 unspecified atom stereocenters. The van der Waals surface area contributed by atoms with Gasteiger partial charge in [0, 0.05) is 22.1 Å². The predicted octanol–water partition coefficient (Wildman–Crippen LogP) is 5.17. The standard InChI is InChI=1S/C21H23N5OS2/c1-5-21(3,4)20(27)22-9-16-25-17(18(26-16)19-24-12(2)10-28-19)13-6-7-14-15(8-13)29-11-23-14/h6-8,10-11H,5,9H2,1-4H3,(H,22,27)(H,25,26). The van der Waals surface area contributed by atoms with Gasteiger partial charge in [0.15, 0.2) is 0 Å². The van der Waals surface area contributed by atoms with E-state index in [-0.39, 0.29) is 5.91 Å². The van der Waals surface area contributed by atoms with Crippen LogP contribution in [0.4, 0.5) is 0 Å². The minimum atomic E-state index is -0.401. The minimum Gasteiger partial charge on any atom is -0.348 e. The first-order valence-corrected chi connectivity index (χ1v) is 11.3. The molecular formula is C21H23N5OS2. The smallest absolute Gasteiger partial charge is 0.226 e. The van der Waals surface area contributed by atoms with Crippen LogP contribution in [-0.2, 0) is 11.3 Å². The average molecular weight is 426 g/mol. The first-order chi connectivity index (χ1) is 13.9. The fourth-order valence-electron chi connectivity index (χ4n) is 2.91. The molecule has 2 N–H and O–H groups in total. The van der Waals surface area contributed by atoms with Crippen LogP contribution < -0.4 is 5.32 Å². The summed E-state index contributed by atoms with van der Waals surface area (Å²) in [6.45, 7) is 8.24. The summed E-state index contributed by atoms with van der Waals surface area (Å²) in [7, 11) is 0. The van der Waals surface area contributed by atoms with E-state index in [1.165, 1.54) is 0 Å². The number of benzene rings is 1. The van der Waals surface area contributed by atoms with E-state index in [9.17, 15) is 4.79 Å². The number of thiazole rings is 2. The highest BCUT2D eigenvalue weighted by atomic mass is 32.1. The van der Waals surface area contributed by atoms with E-state index in [4.69, 9.17) is 4.98 Å². The second-order valence-corrected chi connectivity index (χ2v) is 9.40. The van der Waals surface area contributed by atoms with Crippen molar-refractivity contribution in [2.45, 2.75) is 40.7 Å². The van der Waals surface area contributed by atoms with E-state index >= 15 is 0 Å². The first-order valence-electron chi connectivity index (χ1n) is 9.50. The van der Waals surface area contributed by atoms with Crippen molar-refractivity contribution in [2.24, 2.45) is 5.41 Å². The third-order valence-corrected chi connectivity index (χ3v) is 6.87. The van der Waals surface area contributed by atoms with Crippen LogP contribution in [0.25, 0.3) is 32.2 Å². The van der Waals surface area contributed by atoms with Crippen molar-refractivity contribution in [3.63, 3.8) is 0 Å². The molecule has 8 heteroatoms. The number of aromatic nitrogens is 4. The largest absolute Gasteiger partial charge is 0.348 e. The number of H-pyrrole nitrogens is 1. The molecule has 1 amide bonds. The van der Waals surface area contributed by atoms with Crippen LogP contribution in [0.15, 0.2) is 29.1 Å². The van der Waals surface area contributed by atoms with Crippen molar-refractivity contribution >= 4 is 38.8 Å². The van der Waals surface area contributed by atoms with Gasteiger partial charge in [-0.3, -0.25) is 4.79 Å². The number of fused-ring (bicyclic) bond motifs is 1. The van der Waals surface area contributed by atoms with E-state index < -0.39 is 5.41 Å². The molecule has 0 atom stereocenters. The SMILES string of the molecule is CCC(C)(C)C(=O)NCc1nc(-c2nc(C)cs2)c(-c2ccc3ncsc3c2)[nH]1. The Hall–Kier alpha value is -2.58. The molecule has 0 fully saturated rings. The number of nitrogens with one attached hydrogen (secondary N) is 2. The van der Waals surface area contributed by atoms with Crippen molar-refractivity contribution in [1.29, 1.82) is 0 Å². The third-order valence-electron chi connectivity index (χ3n) is 5.11. The molecule has 0 radical (unpaired) electrons. The summed E-state index contributed by atoms with van der Waals surface area (Å²) in [4.78, 5) is 29.6. The second-order valence-electron chi connectivity index (χ2n) is 7.66. The van der Waals surface area contributed by atoms with E-state index in [0.29, 0.717) is 12.4 Å². The molecule has 3 heterocycles. The molecule has 4 aromatic rings. The zero-order valence-electron chi connectivity index (χ0n) is 16.9. The Morgan fingerprint density at radius 1 is 1.24 bits per heavy atom. The normalized spacial score (nSPS) is 11.9. The van der Waals surface area contributed by atoms with Gasteiger partial charge in [-0.2, -0.15) is 0 Å². The summed E-state index contributed by atoms with van der Waals surface area (Å²) < 4.78 is 1.12. The Labute approximate surface area is 177 Å². The maximum Gasteiger partial charge on any atom is 0.226 e. The van der Waals surface area contributed by atoms with Gasteiger partial charge in [-0.15, -0.1) is 22.7 Å². The summed E-state index contributed by atoms with van der Waals surface area (Å²) >= 11 is 3.18. The zero-order chi connectivity index (χ0) is 20.6. The Morgan fingerprint density at radius 3 is 2.79 bits per heavy atom. The van der Waals surface area contributed by atoms with Crippen LogP contribution in [0.2, 0.25) is 0 Å². The zero-order valence-corrected chi connectivity index (χ0v) is 18.5. The molecule has 4 rings (SSSR count). The molecule has 3 aromatic heterocycles. The number of nitrogens with zero attached hydrogens (tertiary/aromatic N) is 3. The summed E-state index contributed by atoms with van der Waals surface area (Å²) in [5, 5.41) is 5.89. The average Bonchev–Trinajstić information content (AvgIpc) is 3.44. The highest BCUT2D eigenvalue weighted by Gasteiger charge is 2.25. The summed E-state index contributed by atoms with van der Waals surface area (Å²) in [5.41, 5.74) is 6.16. The van der Waals surface area contributed by atoms with Crippen molar-refractivity contribution in [2.75, 3.05) is 0 Å². The number of aryl methyl sites for hydroxylation is 1. The summed E-state index contributed by atoms with van der Waals surface area (Å²) in [6.07, 6.45) is 0.779. The van der Waals surface area contributed by atoms with Crippen LogP contribution in [0, 0.1) is 12.3 Å². The quantitative estimate of drug-likeness (QED) is 0.446. The molecule has 0 spiro atoms. The number of imidazole rings is 1. The van der Waals surface area contributed by atoms with Gasteiger partial charge >= 0.3 is 0 Å². The van der Waals surface area contributed by atoms with E-state index in [1.54, 1.807) is 22.7 Å². The lowest BCUT2D eigenvalue weighted by molar-refractivity contribution is -0.129. The lowest BCUT2D eigenvalue weighted by atomic mass is 9.89. The maximum absolute atomic E-state index is 12.5. The number of carbonyl (C=O) groups is 1. The maximum atomic E-state index is 12.5. The molecule has 0 bridgehead atoms. The van der Waals surface area contributed by atoms with Crippen molar-refractivity contribution in [3.8, 4) is 22.0 Å². The van der Waals surface area contributed by atoms with Crippen molar-refractivity contribution in [3.05, 3.63) is 40.6 Å².